The van der Waals surface area contributed by atoms with E-state index in [1.807, 2.05) is 0 Å². The summed E-state index contributed by atoms with van der Waals surface area (Å²) in [5.74, 6) is 0. The third kappa shape index (κ3) is 10.2. The Bertz CT molecular complexity index is 108. The van der Waals surface area contributed by atoms with Gasteiger partial charge in [0.1, 0.15) is 0 Å². The van der Waals surface area contributed by atoms with E-state index in [0.29, 0.717) is 0 Å². The standard InChI is InChI=1S/C14H31N/c1-4-7-8-9-10-11-12-13-15-14(5-2)6-3/h14-15H,4-13H2,1-3H3. The van der Waals surface area contributed by atoms with Crippen LogP contribution in [0.1, 0.15) is 78.6 Å². The fraction of sp³-hybridized carbons (Fsp3) is 1.00. The third-order valence-electron chi connectivity index (χ3n) is 3.20. The van der Waals surface area contributed by atoms with E-state index in [9.17, 15) is 0 Å². The predicted molar refractivity (Wildman–Crippen MR) is 70.4 cm³/mol. The average molecular weight is 213 g/mol. The molecule has 0 spiro atoms. The average Bonchev–Trinajstić information content (AvgIpc) is 2.27. The molecule has 0 rings (SSSR count). The molecule has 0 aliphatic heterocycles. The molecule has 0 saturated carbocycles. The van der Waals surface area contributed by atoms with Gasteiger partial charge in [0.25, 0.3) is 0 Å². The Balaban J connectivity index is 3.04. The van der Waals surface area contributed by atoms with Crippen molar-refractivity contribution < 1.29 is 0 Å². The molecule has 92 valence electrons. The largest absolute Gasteiger partial charge is 0.314 e. The van der Waals surface area contributed by atoms with Crippen LogP contribution in [-0.2, 0) is 0 Å². The Morgan fingerprint density at radius 2 is 1.27 bits per heavy atom. The maximum Gasteiger partial charge on any atom is 0.00618 e. The zero-order valence-electron chi connectivity index (χ0n) is 11.1. The van der Waals surface area contributed by atoms with Crippen molar-refractivity contribution in [2.45, 2.75) is 84.6 Å². The van der Waals surface area contributed by atoms with Crippen molar-refractivity contribution >= 4 is 0 Å². The second-order valence-electron chi connectivity index (χ2n) is 4.59. The smallest absolute Gasteiger partial charge is 0.00618 e. The van der Waals surface area contributed by atoms with Crippen molar-refractivity contribution in [3.63, 3.8) is 0 Å². The molecule has 0 aromatic rings. The molecular weight excluding hydrogens is 182 g/mol. The molecule has 0 saturated heterocycles. The predicted octanol–water partition coefficient (Wildman–Crippen LogP) is 4.52. The van der Waals surface area contributed by atoms with Crippen molar-refractivity contribution in [3.05, 3.63) is 0 Å². The highest BCUT2D eigenvalue weighted by molar-refractivity contribution is 4.61. The van der Waals surface area contributed by atoms with Crippen LogP contribution in [0.5, 0.6) is 0 Å². The van der Waals surface area contributed by atoms with E-state index in [1.165, 1.54) is 64.3 Å². The third-order valence-corrected chi connectivity index (χ3v) is 3.20. The van der Waals surface area contributed by atoms with Crippen molar-refractivity contribution in [3.8, 4) is 0 Å². The Morgan fingerprint density at radius 1 is 0.733 bits per heavy atom. The van der Waals surface area contributed by atoms with E-state index in [-0.39, 0.29) is 0 Å². The molecule has 0 aliphatic rings. The monoisotopic (exact) mass is 213 g/mol. The number of unbranched alkanes of at least 4 members (excludes halogenated alkanes) is 6. The first-order valence-electron chi connectivity index (χ1n) is 7.08. The number of hydrogen-bond acceptors (Lipinski definition) is 1. The zero-order chi connectivity index (χ0) is 11.4. The first kappa shape index (κ1) is 15.0. The molecule has 0 heterocycles. The lowest BCUT2D eigenvalue weighted by Gasteiger charge is -2.14. The molecule has 0 fully saturated rings. The van der Waals surface area contributed by atoms with Gasteiger partial charge in [-0.15, -0.1) is 0 Å². The second-order valence-corrected chi connectivity index (χ2v) is 4.59. The normalized spacial score (nSPS) is 11.2. The SMILES string of the molecule is CCCCCCCCCNC(CC)CC. The summed E-state index contributed by atoms with van der Waals surface area (Å²) in [4.78, 5) is 0. The van der Waals surface area contributed by atoms with Crippen molar-refractivity contribution in [2.75, 3.05) is 6.54 Å². The number of nitrogens with one attached hydrogen (secondary N) is 1. The van der Waals surface area contributed by atoms with Crippen molar-refractivity contribution in [1.82, 2.24) is 5.32 Å². The van der Waals surface area contributed by atoms with Gasteiger partial charge in [-0.3, -0.25) is 0 Å². The van der Waals surface area contributed by atoms with Crippen LogP contribution in [0.4, 0.5) is 0 Å². The molecule has 1 N–H and O–H groups in total. The van der Waals surface area contributed by atoms with Gasteiger partial charge < -0.3 is 5.32 Å². The van der Waals surface area contributed by atoms with E-state index in [0.717, 1.165) is 6.04 Å². The highest BCUT2D eigenvalue weighted by atomic mass is 14.9. The lowest BCUT2D eigenvalue weighted by Crippen LogP contribution is -2.28. The van der Waals surface area contributed by atoms with Crippen LogP contribution in [0.15, 0.2) is 0 Å². The quantitative estimate of drug-likeness (QED) is 0.498. The van der Waals surface area contributed by atoms with Crippen LogP contribution in [-0.4, -0.2) is 12.6 Å². The fourth-order valence-electron chi connectivity index (χ4n) is 1.97. The Labute approximate surface area is 97.0 Å². The molecule has 0 aromatic heterocycles. The summed E-state index contributed by atoms with van der Waals surface area (Å²) in [5, 5.41) is 3.62. The van der Waals surface area contributed by atoms with Crippen LogP contribution in [0.25, 0.3) is 0 Å². The zero-order valence-corrected chi connectivity index (χ0v) is 11.1. The van der Waals surface area contributed by atoms with Crippen LogP contribution < -0.4 is 5.32 Å². The van der Waals surface area contributed by atoms with E-state index < -0.39 is 0 Å². The van der Waals surface area contributed by atoms with Gasteiger partial charge in [0.15, 0.2) is 0 Å². The number of hydrogen-bond donors (Lipinski definition) is 1. The lowest BCUT2D eigenvalue weighted by molar-refractivity contribution is 0.467. The van der Waals surface area contributed by atoms with Gasteiger partial charge >= 0.3 is 0 Å². The van der Waals surface area contributed by atoms with Gasteiger partial charge in [-0.05, 0) is 25.8 Å². The summed E-state index contributed by atoms with van der Waals surface area (Å²) >= 11 is 0. The van der Waals surface area contributed by atoms with Gasteiger partial charge in [0.2, 0.25) is 0 Å². The molecule has 0 radical (unpaired) electrons. The summed E-state index contributed by atoms with van der Waals surface area (Å²) in [7, 11) is 0. The second kappa shape index (κ2) is 12.0. The van der Waals surface area contributed by atoms with Gasteiger partial charge in [0, 0.05) is 6.04 Å². The van der Waals surface area contributed by atoms with Crippen LogP contribution in [0.2, 0.25) is 0 Å². The summed E-state index contributed by atoms with van der Waals surface area (Å²) in [6.07, 6.45) is 12.4. The Morgan fingerprint density at radius 3 is 1.80 bits per heavy atom. The van der Waals surface area contributed by atoms with E-state index in [2.05, 4.69) is 26.1 Å². The molecule has 15 heavy (non-hydrogen) atoms. The molecule has 1 heteroatoms. The molecular formula is C14H31N. The summed E-state index contributed by atoms with van der Waals surface area (Å²) in [6.45, 7) is 8.04. The summed E-state index contributed by atoms with van der Waals surface area (Å²) < 4.78 is 0. The van der Waals surface area contributed by atoms with E-state index >= 15 is 0 Å². The van der Waals surface area contributed by atoms with Gasteiger partial charge in [-0.1, -0.05) is 59.3 Å². The Kier molecular flexibility index (Phi) is 12.0. The van der Waals surface area contributed by atoms with Gasteiger partial charge in [-0.2, -0.15) is 0 Å². The lowest BCUT2D eigenvalue weighted by atomic mass is 10.1. The molecule has 0 bridgehead atoms. The molecule has 0 aliphatic carbocycles. The first-order valence-corrected chi connectivity index (χ1v) is 7.08. The number of rotatable bonds is 11. The highest BCUT2D eigenvalue weighted by Crippen LogP contribution is 2.06. The molecule has 0 atom stereocenters. The minimum absolute atomic E-state index is 0.755. The molecule has 0 aromatic carbocycles. The topological polar surface area (TPSA) is 12.0 Å². The minimum Gasteiger partial charge on any atom is -0.314 e. The molecule has 0 unspecified atom stereocenters. The van der Waals surface area contributed by atoms with Gasteiger partial charge in [-0.25, -0.2) is 0 Å². The van der Waals surface area contributed by atoms with E-state index in [1.54, 1.807) is 0 Å². The fourth-order valence-corrected chi connectivity index (χ4v) is 1.97. The highest BCUT2D eigenvalue weighted by Gasteiger charge is 2.00. The summed E-state index contributed by atoms with van der Waals surface area (Å²) in [6, 6.07) is 0.755. The van der Waals surface area contributed by atoms with Crippen LogP contribution in [0, 0.1) is 0 Å². The maximum absolute atomic E-state index is 3.62. The Hall–Kier alpha value is -0.0400. The molecule has 1 nitrogen and oxygen atoms in total. The van der Waals surface area contributed by atoms with Crippen LogP contribution in [0.3, 0.4) is 0 Å². The maximum atomic E-state index is 3.62. The molecule has 0 amide bonds. The van der Waals surface area contributed by atoms with E-state index in [4.69, 9.17) is 0 Å². The van der Waals surface area contributed by atoms with Crippen molar-refractivity contribution in [1.29, 1.82) is 0 Å². The van der Waals surface area contributed by atoms with Crippen molar-refractivity contribution in [2.24, 2.45) is 0 Å². The summed E-state index contributed by atoms with van der Waals surface area (Å²) in [5.41, 5.74) is 0. The van der Waals surface area contributed by atoms with Crippen LogP contribution >= 0.6 is 0 Å². The minimum atomic E-state index is 0.755. The first-order chi connectivity index (χ1) is 7.35. The van der Waals surface area contributed by atoms with Gasteiger partial charge in [0.05, 0.1) is 0 Å².